The van der Waals surface area contributed by atoms with Crippen molar-refractivity contribution in [2.24, 2.45) is 5.92 Å². The van der Waals surface area contributed by atoms with Gasteiger partial charge in [0.25, 0.3) is 0 Å². The third-order valence-corrected chi connectivity index (χ3v) is 5.30. The van der Waals surface area contributed by atoms with Gasteiger partial charge in [-0.1, -0.05) is 12.1 Å². The summed E-state index contributed by atoms with van der Waals surface area (Å²) in [7, 11) is -2.92. The van der Waals surface area contributed by atoms with Gasteiger partial charge in [0.2, 0.25) is 0 Å². The van der Waals surface area contributed by atoms with Gasteiger partial charge in [-0.15, -0.1) is 0 Å². The molecule has 0 aromatic heterocycles. The summed E-state index contributed by atoms with van der Waals surface area (Å²) in [6, 6.07) is 4.63. The minimum Gasteiger partial charge on any atom is -0.388 e. The summed E-state index contributed by atoms with van der Waals surface area (Å²) in [6.45, 7) is 1.66. The molecule has 2 unspecified atom stereocenters. The van der Waals surface area contributed by atoms with Crippen molar-refractivity contribution in [2.45, 2.75) is 25.9 Å². The van der Waals surface area contributed by atoms with Crippen LogP contribution >= 0.6 is 0 Å². The number of hydrogen-bond acceptors (Lipinski definition) is 3. The highest BCUT2D eigenvalue weighted by Crippen LogP contribution is 2.29. The molecular formula is C13H17FO3S. The maximum atomic E-state index is 13.4. The molecule has 3 nitrogen and oxygen atoms in total. The second kappa shape index (κ2) is 4.97. The normalized spacial score (nSPS) is 24.1. The Hall–Kier alpha value is -0.940. The Balaban J connectivity index is 2.04. The van der Waals surface area contributed by atoms with Crippen LogP contribution in [0.4, 0.5) is 4.39 Å². The van der Waals surface area contributed by atoms with Crippen LogP contribution in [-0.4, -0.2) is 25.0 Å². The van der Waals surface area contributed by atoms with Crippen LogP contribution in [0.15, 0.2) is 18.2 Å². The van der Waals surface area contributed by atoms with Crippen molar-refractivity contribution < 1.29 is 17.9 Å². The van der Waals surface area contributed by atoms with Crippen LogP contribution in [0, 0.1) is 18.7 Å². The van der Waals surface area contributed by atoms with Gasteiger partial charge in [-0.2, -0.15) is 0 Å². The van der Waals surface area contributed by atoms with Gasteiger partial charge >= 0.3 is 0 Å². The molecule has 1 aromatic carbocycles. The highest BCUT2D eigenvalue weighted by Gasteiger charge is 2.29. The molecule has 1 fully saturated rings. The van der Waals surface area contributed by atoms with E-state index in [1.54, 1.807) is 19.1 Å². The largest absolute Gasteiger partial charge is 0.388 e. The van der Waals surface area contributed by atoms with Gasteiger partial charge in [-0.05, 0) is 42.9 Å². The van der Waals surface area contributed by atoms with E-state index in [2.05, 4.69) is 0 Å². The van der Waals surface area contributed by atoms with E-state index in [-0.39, 0.29) is 23.2 Å². The minimum atomic E-state index is -2.92. The Morgan fingerprint density at radius 2 is 2.22 bits per heavy atom. The second-order valence-electron chi connectivity index (χ2n) is 5.03. The summed E-state index contributed by atoms with van der Waals surface area (Å²) in [6.07, 6.45) is 0.175. The van der Waals surface area contributed by atoms with Gasteiger partial charge in [0.1, 0.15) is 5.82 Å². The monoisotopic (exact) mass is 272 g/mol. The lowest BCUT2D eigenvalue weighted by molar-refractivity contribution is 0.148. The molecule has 0 aliphatic carbocycles. The fourth-order valence-electron chi connectivity index (χ4n) is 2.33. The number of aliphatic hydroxyl groups excluding tert-OH is 1. The Morgan fingerprint density at radius 3 is 2.78 bits per heavy atom. The van der Waals surface area contributed by atoms with Crippen LogP contribution in [0.3, 0.4) is 0 Å². The summed E-state index contributed by atoms with van der Waals surface area (Å²) in [4.78, 5) is 0. The first-order valence-corrected chi connectivity index (χ1v) is 7.84. The van der Waals surface area contributed by atoms with Gasteiger partial charge < -0.3 is 5.11 Å². The van der Waals surface area contributed by atoms with Crippen LogP contribution in [0.1, 0.15) is 30.1 Å². The molecular weight excluding hydrogens is 255 g/mol. The lowest BCUT2D eigenvalue weighted by atomic mass is 9.96. The Bertz CT molecular complexity index is 539. The highest BCUT2D eigenvalue weighted by atomic mass is 32.2. The van der Waals surface area contributed by atoms with E-state index >= 15 is 0 Å². The lowest BCUT2D eigenvalue weighted by Gasteiger charge is -2.15. The van der Waals surface area contributed by atoms with Crippen molar-refractivity contribution in [1.82, 2.24) is 0 Å². The molecule has 1 saturated heterocycles. The summed E-state index contributed by atoms with van der Waals surface area (Å²) >= 11 is 0. The average molecular weight is 272 g/mol. The van der Waals surface area contributed by atoms with E-state index < -0.39 is 15.9 Å². The zero-order chi connectivity index (χ0) is 13.3. The first kappa shape index (κ1) is 13.5. The smallest absolute Gasteiger partial charge is 0.150 e. The van der Waals surface area contributed by atoms with Crippen molar-refractivity contribution >= 4 is 9.84 Å². The Kier molecular flexibility index (Phi) is 3.73. The molecule has 100 valence electrons. The molecule has 2 rings (SSSR count). The molecule has 1 N–H and O–H groups in total. The van der Waals surface area contributed by atoms with E-state index in [1.807, 2.05) is 0 Å². The molecule has 1 aliphatic rings. The minimum absolute atomic E-state index is 0.0191. The summed E-state index contributed by atoms with van der Waals surface area (Å²) in [5.41, 5.74) is 1.05. The number of aliphatic hydroxyl groups is 1. The topological polar surface area (TPSA) is 54.4 Å². The van der Waals surface area contributed by atoms with E-state index in [1.165, 1.54) is 6.07 Å². The fraction of sp³-hybridized carbons (Fsp3) is 0.538. The van der Waals surface area contributed by atoms with Crippen molar-refractivity contribution in [3.05, 3.63) is 35.1 Å². The van der Waals surface area contributed by atoms with Crippen LogP contribution in [0.25, 0.3) is 0 Å². The highest BCUT2D eigenvalue weighted by molar-refractivity contribution is 7.91. The molecule has 0 spiro atoms. The average Bonchev–Trinajstić information content (AvgIpc) is 2.62. The maximum Gasteiger partial charge on any atom is 0.150 e. The molecule has 0 saturated carbocycles. The van der Waals surface area contributed by atoms with E-state index in [0.29, 0.717) is 24.0 Å². The first-order valence-electron chi connectivity index (χ1n) is 6.02. The molecule has 0 bridgehead atoms. The summed E-state index contributed by atoms with van der Waals surface area (Å²) in [5.74, 6) is -0.0228. The zero-order valence-electron chi connectivity index (χ0n) is 10.3. The molecule has 1 aromatic rings. The van der Waals surface area contributed by atoms with Crippen LogP contribution in [0.5, 0.6) is 0 Å². The van der Waals surface area contributed by atoms with Gasteiger partial charge in [0, 0.05) is 0 Å². The standard InChI is InChI=1S/C13H17FO3S/c1-9-2-3-11(7-12(9)14)13(15)6-10-4-5-18(16,17)8-10/h2-3,7,10,13,15H,4-6,8H2,1H3. The number of halogens is 1. The molecule has 2 atom stereocenters. The number of rotatable bonds is 3. The molecule has 0 radical (unpaired) electrons. The predicted molar refractivity (Wildman–Crippen MR) is 67.5 cm³/mol. The predicted octanol–water partition coefficient (Wildman–Crippen LogP) is 1.99. The number of aryl methyl sites for hydroxylation is 1. The number of sulfone groups is 1. The Labute approximate surface area is 107 Å². The van der Waals surface area contributed by atoms with Gasteiger partial charge in [-0.3, -0.25) is 0 Å². The van der Waals surface area contributed by atoms with Gasteiger partial charge in [-0.25, -0.2) is 12.8 Å². The van der Waals surface area contributed by atoms with E-state index in [4.69, 9.17) is 0 Å². The van der Waals surface area contributed by atoms with Gasteiger partial charge in [0.15, 0.2) is 9.84 Å². The van der Waals surface area contributed by atoms with E-state index in [0.717, 1.165) is 0 Å². The summed E-state index contributed by atoms with van der Waals surface area (Å²) < 4.78 is 36.0. The molecule has 5 heteroatoms. The van der Waals surface area contributed by atoms with Crippen molar-refractivity contribution in [3.63, 3.8) is 0 Å². The maximum absolute atomic E-state index is 13.4. The lowest BCUT2D eigenvalue weighted by Crippen LogP contribution is -2.10. The van der Waals surface area contributed by atoms with Crippen LogP contribution in [0.2, 0.25) is 0 Å². The third-order valence-electron chi connectivity index (χ3n) is 3.46. The molecule has 1 heterocycles. The molecule has 1 aliphatic heterocycles. The number of hydrogen-bond donors (Lipinski definition) is 1. The van der Waals surface area contributed by atoms with Crippen LogP contribution in [-0.2, 0) is 9.84 Å². The van der Waals surface area contributed by atoms with Crippen molar-refractivity contribution in [3.8, 4) is 0 Å². The third kappa shape index (κ3) is 3.09. The van der Waals surface area contributed by atoms with Crippen LogP contribution < -0.4 is 0 Å². The number of benzene rings is 1. The van der Waals surface area contributed by atoms with Gasteiger partial charge in [0.05, 0.1) is 17.6 Å². The second-order valence-corrected chi connectivity index (χ2v) is 7.26. The van der Waals surface area contributed by atoms with E-state index in [9.17, 15) is 17.9 Å². The molecule has 0 amide bonds. The fourth-order valence-corrected chi connectivity index (χ4v) is 4.21. The van der Waals surface area contributed by atoms with Crippen molar-refractivity contribution in [1.29, 1.82) is 0 Å². The first-order chi connectivity index (χ1) is 8.37. The zero-order valence-corrected chi connectivity index (χ0v) is 11.1. The SMILES string of the molecule is Cc1ccc(C(O)CC2CCS(=O)(=O)C2)cc1F. The molecule has 18 heavy (non-hydrogen) atoms. The summed E-state index contributed by atoms with van der Waals surface area (Å²) in [5, 5.41) is 10.0. The quantitative estimate of drug-likeness (QED) is 0.915. The van der Waals surface area contributed by atoms with Crippen molar-refractivity contribution in [2.75, 3.05) is 11.5 Å². The Morgan fingerprint density at radius 1 is 1.50 bits per heavy atom.